The lowest BCUT2D eigenvalue weighted by atomic mass is 10.2. The van der Waals surface area contributed by atoms with Crippen molar-refractivity contribution in [1.29, 1.82) is 0 Å². The molecular formula is C12H16FN3O3. The fourth-order valence-corrected chi connectivity index (χ4v) is 1.62. The minimum absolute atomic E-state index is 0.0452. The summed E-state index contributed by atoms with van der Waals surface area (Å²) in [5.41, 5.74) is -0.246. The van der Waals surface area contributed by atoms with E-state index >= 15 is 0 Å². The molecule has 0 heterocycles. The van der Waals surface area contributed by atoms with Crippen molar-refractivity contribution >= 4 is 17.3 Å². The van der Waals surface area contributed by atoms with Crippen LogP contribution in [0.2, 0.25) is 0 Å². The van der Waals surface area contributed by atoms with Gasteiger partial charge in [0, 0.05) is 19.2 Å². The number of amides is 1. The first-order chi connectivity index (χ1) is 8.99. The zero-order chi connectivity index (χ0) is 14.4. The second-order valence-corrected chi connectivity index (χ2v) is 3.84. The summed E-state index contributed by atoms with van der Waals surface area (Å²) >= 11 is 0. The van der Waals surface area contributed by atoms with Crippen molar-refractivity contribution in [3.05, 3.63) is 34.1 Å². The highest BCUT2D eigenvalue weighted by Crippen LogP contribution is 2.20. The summed E-state index contributed by atoms with van der Waals surface area (Å²) in [6.45, 7) is 4.83. The van der Waals surface area contributed by atoms with Crippen molar-refractivity contribution in [3.8, 4) is 0 Å². The number of nitro groups is 1. The van der Waals surface area contributed by atoms with E-state index in [4.69, 9.17) is 0 Å². The molecule has 1 N–H and O–H groups in total. The van der Waals surface area contributed by atoms with Crippen LogP contribution < -0.4 is 5.32 Å². The molecule has 1 amide bonds. The lowest BCUT2D eigenvalue weighted by Crippen LogP contribution is -2.35. The largest absolute Gasteiger partial charge is 0.374 e. The number of anilines is 1. The third-order valence-electron chi connectivity index (χ3n) is 2.71. The zero-order valence-corrected chi connectivity index (χ0v) is 10.9. The highest BCUT2D eigenvalue weighted by Gasteiger charge is 2.13. The number of rotatable bonds is 6. The lowest BCUT2D eigenvalue weighted by molar-refractivity contribution is -0.385. The molecule has 104 valence electrons. The van der Waals surface area contributed by atoms with Crippen LogP contribution in [0.15, 0.2) is 18.2 Å². The minimum Gasteiger partial charge on any atom is -0.374 e. The molecule has 0 aromatic heterocycles. The Hall–Kier alpha value is -2.18. The zero-order valence-electron chi connectivity index (χ0n) is 10.9. The maximum absolute atomic E-state index is 13.5. The molecule has 1 aromatic rings. The molecule has 0 aliphatic carbocycles. The van der Waals surface area contributed by atoms with Crippen LogP contribution in [0.25, 0.3) is 0 Å². The Morgan fingerprint density at radius 1 is 1.42 bits per heavy atom. The quantitative estimate of drug-likeness (QED) is 0.633. The van der Waals surface area contributed by atoms with Gasteiger partial charge < -0.3 is 10.2 Å². The highest BCUT2D eigenvalue weighted by atomic mass is 19.1. The Morgan fingerprint density at radius 3 is 2.53 bits per heavy atom. The van der Waals surface area contributed by atoms with Gasteiger partial charge in [0.15, 0.2) is 5.82 Å². The molecule has 6 nitrogen and oxygen atoms in total. The molecular weight excluding hydrogens is 253 g/mol. The molecule has 0 aliphatic rings. The average molecular weight is 269 g/mol. The summed E-state index contributed by atoms with van der Waals surface area (Å²) in [5, 5.41) is 13.1. The molecule has 19 heavy (non-hydrogen) atoms. The molecule has 0 saturated carbocycles. The second kappa shape index (κ2) is 6.67. The third-order valence-corrected chi connectivity index (χ3v) is 2.71. The standard InChI is InChI=1S/C12H16FN3O3/c1-3-15(4-2)12(17)8-14-11-6-5-9(16(18)19)7-10(11)13/h5-7,14H,3-4,8H2,1-2H3. The van der Waals surface area contributed by atoms with E-state index in [1.54, 1.807) is 4.90 Å². The molecule has 0 bridgehead atoms. The highest BCUT2D eigenvalue weighted by molar-refractivity contribution is 5.80. The van der Waals surface area contributed by atoms with Crippen LogP contribution in [0.4, 0.5) is 15.8 Å². The Labute approximate surface area is 110 Å². The van der Waals surface area contributed by atoms with E-state index in [1.165, 1.54) is 12.1 Å². The van der Waals surface area contributed by atoms with Crippen LogP contribution in [0, 0.1) is 15.9 Å². The maximum atomic E-state index is 13.5. The van der Waals surface area contributed by atoms with Crippen LogP contribution in [0.5, 0.6) is 0 Å². The van der Waals surface area contributed by atoms with Gasteiger partial charge in [-0.3, -0.25) is 14.9 Å². The number of likely N-dealkylation sites (N-methyl/N-ethyl adjacent to an activating group) is 1. The third kappa shape index (κ3) is 3.90. The van der Waals surface area contributed by atoms with Crippen molar-refractivity contribution in [1.82, 2.24) is 4.90 Å². The molecule has 1 rings (SSSR count). The van der Waals surface area contributed by atoms with Gasteiger partial charge in [0.05, 0.1) is 23.2 Å². The summed E-state index contributed by atoms with van der Waals surface area (Å²) in [6.07, 6.45) is 0. The van der Waals surface area contributed by atoms with Gasteiger partial charge in [-0.15, -0.1) is 0 Å². The van der Waals surface area contributed by atoms with Gasteiger partial charge in [0.25, 0.3) is 5.69 Å². The normalized spacial score (nSPS) is 10.1. The SMILES string of the molecule is CCN(CC)C(=O)CNc1ccc([N+](=O)[O-])cc1F. The number of carbonyl (C=O) groups excluding carboxylic acids is 1. The van der Waals surface area contributed by atoms with E-state index in [0.717, 1.165) is 6.07 Å². The molecule has 0 unspecified atom stereocenters. The van der Waals surface area contributed by atoms with Gasteiger partial charge >= 0.3 is 0 Å². The first-order valence-corrected chi connectivity index (χ1v) is 5.95. The number of halogens is 1. The van der Waals surface area contributed by atoms with E-state index in [2.05, 4.69) is 5.32 Å². The monoisotopic (exact) mass is 269 g/mol. The second-order valence-electron chi connectivity index (χ2n) is 3.84. The first kappa shape index (κ1) is 14.9. The maximum Gasteiger partial charge on any atom is 0.272 e. The summed E-state index contributed by atoms with van der Waals surface area (Å²) in [6, 6.07) is 3.26. The van der Waals surface area contributed by atoms with E-state index in [-0.39, 0.29) is 23.8 Å². The fraction of sp³-hybridized carbons (Fsp3) is 0.417. The number of benzene rings is 1. The fourth-order valence-electron chi connectivity index (χ4n) is 1.62. The van der Waals surface area contributed by atoms with Gasteiger partial charge in [-0.05, 0) is 19.9 Å². The number of hydrogen-bond donors (Lipinski definition) is 1. The Bertz CT molecular complexity index is 475. The molecule has 7 heteroatoms. The lowest BCUT2D eigenvalue weighted by Gasteiger charge is -2.19. The summed E-state index contributed by atoms with van der Waals surface area (Å²) in [5.74, 6) is -0.899. The molecule has 0 fully saturated rings. The Kier molecular flexibility index (Phi) is 5.23. The topological polar surface area (TPSA) is 75.5 Å². The Balaban J connectivity index is 2.68. The van der Waals surface area contributed by atoms with Crippen LogP contribution >= 0.6 is 0 Å². The predicted octanol–water partition coefficient (Wildman–Crippen LogP) is 2.01. The molecule has 0 aliphatic heterocycles. The average Bonchev–Trinajstić information content (AvgIpc) is 2.38. The summed E-state index contributed by atoms with van der Waals surface area (Å²) < 4.78 is 13.5. The number of nitrogens with zero attached hydrogens (tertiary/aromatic N) is 2. The van der Waals surface area contributed by atoms with Crippen molar-refractivity contribution in [2.24, 2.45) is 0 Å². The molecule has 0 spiro atoms. The molecule has 0 atom stereocenters. The van der Waals surface area contributed by atoms with Crippen LogP contribution in [0.3, 0.4) is 0 Å². The van der Waals surface area contributed by atoms with Crippen LogP contribution in [-0.4, -0.2) is 35.4 Å². The van der Waals surface area contributed by atoms with E-state index in [9.17, 15) is 19.3 Å². The van der Waals surface area contributed by atoms with Gasteiger partial charge in [-0.2, -0.15) is 0 Å². The van der Waals surface area contributed by atoms with Gasteiger partial charge in [-0.25, -0.2) is 4.39 Å². The first-order valence-electron chi connectivity index (χ1n) is 5.95. The smallest absolute Gasteiger partial charge is 0.272 e. The summed E-state index contributed by atoms with van der Waals surface area (Å²) in [7, 11) is 0. The minimum atomic E-state index is -0.749. The van der Waals surface area contributed by atoms with E-state index in [0.29, 0.717) is 13.1 Å². The van der Waals surface area contributed by atoms with Gasteiger partial charge in [-0.1, -0.05) is 0 Å². The van der Waals surface area contributed by atoms with Crippen LogP contribution in [-0.2, 0) is 4.79 Å². The molecule has 1 aromatic carbocycles. The number of nitrogens with one attached hydrogen (secondary N) is 1. The van der Waals surface area contributed by atoms with Gasteiger partial charge in [0.1, 0.15) is 0 Å². The molecule has 0 radical (unpaired) electrons. The number of hydrogen-bond acceptors (Lipinski definition) is 4. The predicted molar refractivity (Wildman–Crippen MR) is 69.5 cm³/mol. The van der Waals surface area contributed by atoms with E-state index in [1.807, 2.05) is 13.8 Å². The van der Waals surface area contributed by atoms with Crippen molar-refractivity contribution in [2.45, 2.75) is 13.8 Å². The van der Waals surface area contributed by atoms with Crippen molar-refractivity contribution in [3.63, 3.8) is 0 Å². The summed E-state index contributed by atoms with van der Waals surface area (Å²) in [4.78, 5) is 23.1. The van der Waals surface area contributed by atoms with Crippen molar-refractivity contribution in [2.75, 3.05) is 25.0 Å². The van der Waals surface area contributed by atoms with E-state index < -0.39 is 10.7 Å². The number of non-ortho nitro benzene ring substituents is 1. The Morgan fingerprint density at radius 2 is 2.05 bits per heavy atom. The molecule has 0 saturated heterocycles. The van der Waals surface area contributed by atoms with Gasteiger partial charge in [0.2, 0.25) is 5.91 Å². The van der Waals surface area contributed by atoms with Crippen molar-refractivity contribution < 1.29 is 14.1 Å². The van der Waals surface area contributed by atoms with Crippen LogP contribution in [0.1, 0.15) is 13.8 Å². The number of carbonyl (C=O) groups is 1. The number of nitro benzene ring substituents is 1.